The van der Waals surface area contributed by atoms with Gasteiger partial charge in [0.2, 0.25) is 5.62 Å². The Kier molecular flexibility index (Phi) is 5.99. The van der Waals surface area contributed by atoms with E-state index in [1.54, 1.807) is 33.4 Å². The molecule has 0 bridgehead atoms. The molecule has 0 aliphatic rings. The van der Waals surface area contributed by atoms with Gasteiger partial charge in [0.25, 0.3) is 0 Å². The van der Waals surface area contributed by atoms with E-state index in [0.717, 1.165) is 22.8 Å². The van der Waals surface area contributed by atoms with E-state index in [1.807, 2.05) is 51.4 Å². The minimum absolute atomic E-state index is 0.0506. The lowest BCUT2D eigenvalue weighted by Crippen LogP contribution is -2.25. The predicted molar refractivity (Wildman–Crippen MR) is 108 cm³/mol. The molecule has 6 heteroatoms. The number of carbonyl (C=O) groups is 1. The maximum Gasteiger partial charge on any atom is 0.202 e. The van der Waals surface area contributed by atoms with Crippen molar-refractivity contribution in [3.63, 3.8) is 0 Å². The Morgan fingerprint density at radius 3 is 2.00 bits per heavy atom. The van der Waals surface area contributed by atoms with Crippen LogP contribution < -0.4 is 15.1 Å². The van der Waals surface area contributed by atoms with Crippen molar-refractivity contribution in [1.82, 2.24) is 9.13 Å². The summed E-state index contributed by atoms with van der Waals surface area (Å²) in [5.41, 5.74) is 2.70. The van der Waals surface area contributed by atoms with Gasteiger partial charge in [-0.15, -0.1) is 0 Å². The maximum atomic E-state index is 12.6. The fourth-order valence-electron chi connectivity index (χ4n) is 3.03. The zero-order valence-corrected chi connectivity index (χ0v) is 16.4. The molecule has 0 amide bonds. The molecular weight excluding hydrogens is 354 g/mol. The highest BCUT2D eigenvalue weighted by Gasteiger charge is 2.13. The minimum atomic E-state index is -0.0506. The van der Waals surface area contributed by atoms with Crippen molar-refractivity contribution in [2.24, 2.45) is 7.05 Å². The van der Waals surface area contributed by atoms with Crippen LogP contribution in [0.5, 0.6) is 11.5 Å². The number of carbonyl (C=O) groups excluding carboxylic acids is 1. The standard InChI is InChI=1S/C22H25N3O3/c1-4-27-18-10-6-16(7-11-18)20-14-25(22(23)24(20)3)15-21(26)17-8-12-19(13-9-17)28-5-2/h6-14,23H,4-5,15H2,1-3H3. The van der Waals surface area contributed by atoms with Gasteiger partial charge in [0.1, 0.15) is 11.5 Å². The number of benzene rings is 2. The van der Waals surface area contributed by atoms with Crippen molar-refractivity contribution in [2.45, 2.75) is 20.4 Å². The number of ketones is 1. The van der Waals surface area contributed by atoms with E-state index in [1.165, 1.54) is 0 Å². The van der Waals surface area contributed by atoms with Crippen LogP contribution in [0.4, 0.5) is 0 Å². The average molecular weight is 379 g/mol. The normalized spacial score (nSPS) is 10.7. The van der Waals surface area contributed by atoms with Gasteiger partial charge in [-0.05, 0) is 67.9 Å². The third-order valence-electron chi connectivity index (χ3n) is 4.49. The second-order valence-electron chi connectivity index (χ2n) is 6.36. The molecular formula is C22H25N3O3. The molecule has 3 rings (SSSR count). The molecule has 0 saturated carbocycles. The molecule has 0 fully saturated rings. The first-order valence-electron chi connectivity index (χ1n) is 9.33. The summed E-state index contributed by atoms with van der Waals surface area (Å²) in [6.45, 7) is 5.18. The molecule has 3 aromatic rings. The van der Waals surface area contributed by atoms with E-state index in [0.29, 0.717) is 18.8 Å². The van der Waals surface area contributed by atoms with Gasteiger partial charge < -0.3 is 18.6 Å². The SMILES string of the molecule is CCOc1ccc(C(=O)Cn2cc(-c3ccc(OCC)cc3)n(C)c2=N)cc1. The summed E-state index contributed by atoms with van der Waals surface area (Å²) in [7, 11) is 1.83. The number of Topliss-reactive ketones (excluding diaryl/α,β-unsaturated/α-hetero) is 1. The van der Waals surface area contributed by atoms with Crippen molar-refractivity contribution in [3.8, 4) is 22.8 Å². The van der Waals surface area contributed by atoms with Crippen LogP contribution in [-0.2, 0) is 13.6 Å². The molecule has 0 saturated heterocycles. The van der Waals surface area contributed by atoms with Crippen molar-refractivity contribution in [3.05, 3.63) is 65.9 Å². The summed E-state index contributed by atoms with van der Waals surface area (Å²) in [6, 6.07) is 14.8. The first kappa shape index (κ1) is 19.5. The molecule has 0 aliphatic heterocycles. The van der Waals surface area contributed by atoms with E-state index in [9.17, 15) is 4.79 Å². The number of imidazole rings is 1. The molecule has 0 spiro atoms. The molecule has 1 heterocycles. The zero-order chi connectivity index (χ0) is 20.1. The van der Waals surface area contributed by atoms with E-state index in [4.69, 9.17) is 14.9 Å². The number of nitrogens with one attached hydrogen (secondary N) is 1. The van der Waals surface area contributed by atoms with Crippen LogP contribution in [0.2, 0.25) is 0 Å². The van der Waals surface area contributed by atoms with Crippen LogP contribution in [0.15, 0.2) is 54.7 Å². The zero-order valence-electron chi connectivity index (χ0n) is 16.4. The first-order chi connectivity index (χ1) is 13.5. The Hall–Kier alpha value is -3.28. The van der Waals surface area contributed by atoms with Crippen LogP contribution in [0.25, 0.3) is 11.3 Å². The molecule has 2 aromatic carbocycles. The van der Waals surface area contributed by atoms with E-state index in [2.05, 4.69) is 0 Å². The molecule has 28 heavy (non-hydrogen) atoms. The molecule has 1 N–H and O–H groups in total. The molecule has 0 aliphatic carbocycles. The lowest BCUT2D eigenvalue weighted by atomic mass is 10.1. The van der Waals surface area contributed by atoms with Crippen molar-refractivity contribution in [1.29, 1.82) is 5.41 Å². The summed E-state index contributed by atoms with van der Waals surface area (Å²) in [5.74, 6) is 1.50. The number of rotatable bonds is 8. The third kappa shape index (κ3) is 4.17. The molecule has 6 nitrogen and oxygen atoms in total. The topological polar surface area (TPSA) is 69.2 Å². The second-order valence-corrected chi connectivity index (χ2v) is 6.36. The lowest BCUT2D eigenvalue weighted by molar-refractivity contribution is 0.0970. The fraction of sp³-hybridized carbons (Fsp3) is 0.273. The number of aromatic nitrogens is 2. The Bertz CT molecular complexity index is 999. The van der Waals surface area contributed by atoms with Crippen molar-refractivity contribution < 1.29 is 14.3 Å². The van der Waals surface area contributed by atoms with Gasteiger partial charge in [0, 0.05) is 18.8 Å². The number of nitrogens with zero attached hydrogens (tertiary/aromatic N) is 2. The van der Waals surface area contributed by atoms with Crippen LogP contribution in [0.1, 0.15) is 24.2 Å². The number of hydrogen-bond acceptors (Lipinski definition) is 4. The number of hydrogen-bond donors (Lipinski definition) is 1. The summed E-state index contributed by atoms with van der Waals surface area (Å²) < 4.78 is 14.3. The van der Waals surface area contributed by atoms with Crippen LogP contribution in [-0.4, -0.2) is 28.1 Å². The van der Waals surface area contributed by atoms with Gasteiger partial charge >= 0.3 is 0 Å². The minimum Gasteiger partial charge on any atom is -0.494 e. The quantitative estimate of drug-likeness (QED) is 0.608. The van der Waals surface area contributed by atoms with Gasteiger partial charge in [-0.1, -0.05) is 0 Å². The van der Waals surface area contributed by atoms with Gasteiger partial charge in [-0.25, -0.2) is 0 Å². The summed E-state index contributed by atoms with van der Waals surface area (Å²) >= 11 is 0. The summed E-state index contributed by atoms with van der Waals surface area (Å²) in [5, 5.41) is 8.35. The Morgan fingerprint density at radius 1 is 0.929 bits per heavy atom. The fourth-order valence-corrected chi connectivity index (χ4v) is 3.03. The van der Waals surface area contributed by atoms with Crippen LogP contribution in [0.3, 0.4) is 0 Å². The highest BCUT2D eigenvalue weighted by atomic mass is 16.5. The van der Waals surface area contributed by atoms with Crippen molar-refractivity contribution in [2.75, 3.05) is 13.2 Å². The Labute approximate surface area is 164 Å². The van der Waals surface area contributed by atoms with Crippen LogP contribution in [0, 0.1) is 5.41 Å². The Balaban J connectivity index is 1.80. The Morgan fingerprint density at radius 2 is 1.46 bits per heavy atom. The van der Waals surface area contributed by atoms with E-state index < -0.39 is 0 Å². The largest absolute Gasteiger partial charge is 0.494 e. The average Bonchev–Trinajstić information content (AvgIpc) is 2.98. The molecule has 1 aromatic heterocycles. The summed E-state index contributed by atoms with van der Waals surface area (Å²) in [6.07, 6.45) is 1.84. The van der Waals surface area contributed by atoms with E-state index in [-0.39, 0.29) is 17.9 Å². The molecule has 0 atom stereocenters. The molecule has 0 radical (unpaired) electrons. The smallest absolute Gasteiger partial charge is 0.202 e. The van der Waals surface area contributed by atoms with Crippen LogP contribution >= 0.6 is 0 Å². The number of ether oxygens (including phenoxy) is 2. The predicted octanol–water partition coefficient (Wildman–Crippen LogP) is 3.65. The highest BCUT2D eigenvalue weighted by Crippen LogP contribution is 2.21. The molecule has 0 unspecified atom stereocenters. The van der Waals surface area contributed by atoms with Gasteiger partial charge in [-0.3, -0.25) is 10.2 Å². The maximum absolute atomic E-state index is 12.6. The lowest BCUT2D eigenvalue weighted by Gasteiger charge is -2.05. The first-order valence-corrected chi connectivity index (χ1v) is 9.33. The van der Waals surface area contributed by atoms with E-state index >= 15 is 0 Å². The van der Waals surface area contributed by atoms with Gasteiger partial charge in [0.15, 0.2) is 5.78 Å². The second kappa shape index (κ2) is 8.61. The van der Waals surface area contributed by atoms with Crippen molar-refractivity contribution >= 4 is 5.78 Å². The van der Waals surface area contributed by atoms with Gasteiger partial charge in [-0.2, -0.15) is 0 Å². The summed E-state index contributed by atoms with van der Waals surface area (Å²) in [4.78, 5) is 12.6. The van der Waals surface area contributed by atoms with Gasteiger partial charge in [0.05, 0.1) is 25.5 Å². The monoisotopic (exact) mass is 379 g/mol. The highest BCUT2D eigenvalue weighted by molar-refractivity contribution is 5.96. The third-order valence-corrected chi connectivity index (χ3v) is 4.49. The molecule has 146 valence electrons.